The van der Waals surface area contributed by atoms with E-state index in [0.29, 0.717) is 19.3 Å². The van der Waals surface area contributed by atoms with Gasteiger partial charge in [-0.1, -0.05) is 254 Å². The van der Waals surface area contributed by atoms with Crippen LogP contribution >= 0.6 is 0 Å². The second kappa shape index (κ2) is 56.2. The van der Waals surface area contributed by atoms with Crippen molar-refractivity contribution in [2.24, 2.45) is 0 Å². The Balaban J connectivity index is 4.66. The Morgan fingerprint density at radius 2 is 0.754 bits per heavy atom. The Labute approximate surface area is 428 Å². The number of hydrogen-bond acceptors (Lipinski definition) is 5. The standard InChI is InChI=1S/C63H113NO5/c1-4-7-10-13-16-19-22-25-28-31-33-36-39-42-45-48-51-54-59(69-63(68)56-53-50-47-44-41-38-35-32-29-26-23-20-17-14-11-8-5-2)57-62(67)64-60(58-65)61(66)55-52-49-46-43-40-37-34-30-27-24-21-18-15-12-9-6-3/h16-17,19-20,25-26,28-29,33,36,42,45,59-61,65-66H,4-15,18,21-24,27,30-32,34-35,37-41,43-44,46-58H2,1-3H3,(H,64,67)/b19-16-,20-17-,28-25-,29-26-,36-33-,45-42-. The number of carbonyl (C=O) groups is 2. The predicted molar refractivity (Wildman–Crippen MR) is 301 cm³/mol. The SMILES string of the molecule is CCCCC/C=C\C/C=C\C/C=C\C/C=C\CCCC(CC(=O)NC(CO)C(O)CCCCCCCCCCCCCCCCCC)OC(=O)CCCCCCCCC/C=C\C/C=C\CCCCC. The Kier molecular flexibility index (Phi) is 54.0. The zero-order chi connectivity index (χ0) is 50.2. The minimum absolute atomic E-state index is 0.0353. The second-order valence-corrected chi connectivity index (χ2v) is 20.0. The van der Waals surface area contributed by atoms with Crippen LogP contribution in [-0.2, 0) is 14.3 Å². The topological polar surface area (TPSA) is 95.9 Å². The van der Waals surface area contributed by atoms with Crippen LogP contribution in [0.1, 0.15) is 290 Å². The lowest BCUT2D eigenvalue weighted by molar-refractivity contribution is -0.151. The van der Waals surface area contributed by atoms with Crippen molar-refractivity contribution in [2.75, 3.05) is 6.61 Å². The molecule has 0 bridgehead atoms. The van der Waals surface area contributed by atoms with Gasteiger partial charge in [0, 0.05) is 6.42 Å². The summed E-state index contributed by atoms with van der Waals surface area (Å²) in [5.41, 5.74) is 0. The van der Waals surface area contributed by atoms with E-state index in [1.54, 1.807) is 0 Å². The van der Waals surface area contributed by atoms with E-state index in [0.717, 1.165) is 83.5 Å². The Hall–Kier alpha value is -2.70. The minimum Gasteiger partial charge on any atom is -0.462 e. The molecule has 0 aromatic heterocycles. The van der Waals surface area contributed by atoms with Crippen LogP contribution in [0.15, 0.2) is 72.9 Å². The molecule has 3 atom stereocenters. The van der Waals surface area contributed by atoms with E-state index < -0.39 is 18.2 Å². The average molecular weight is 965 g/mol. The lowest BCUT2D eigenvalue weighted by Crippen LogP contribution is -2.46. The molecule has 0 fully saturated rings. The third kappa shape index (κ3) is 51.5. The van der Waals surface area contributed by atoms with Gasteiger partial charge in [-0.05, 0) is 96.3 Å². The summed E-state index contributed by atoms with van der Waals surface area (Å²) < 4.78 is 5.94. The fourth-order valence-electron chi connectivity index (χ4n) is 8.74. The summed E-state index contributed by atoms with van der Waals surface area (Å²) in [6.07, 6.45) is 72.5. The monoisotopic (exact) mass is 964 g/mol. The molecular formula is C63H113NO5. The van der Waals surface area contributed by atoms with Gasteiger partial charge in [0.2, 0.25) is 5.91 Å². The van der Waals surface area contributed by atoms with E-state index >= 15 is 0 Å². The first kappa shape index (κ1) is 66.3. The van der Waals surface area contributed by atoms with Gasteiger partial charge in [-0.15, -0.1) is 0 Å². The van der Waals surface area contributed by atoms with Crippen LogP contribution in [0.3, 0.4) is 0 Å². The number of aliphatic hydroxyl groups excluding tert-OH is 2. The summed E-state index contributed by atoms with van der Waals surface area (Å²) in [5, 5.41) is 23.9. The van der Waals surface area contributed by atoms with Gasteiger partial charge in [-0.3, -0.25) is 9.59 Å². The molecule has 3 unspecified atom stereocenters. The van der Waals surface area contributed by atoms with Crippen molar-refractivity contribution in [1.82, 2.24) is 5.32 Å². The molecule has 0 aliphatic carbocycles. The number of unbranched alkanes of at least 4 members (excludes halogenated alkanes) is 29. The van der Waals surface area contributed by atoms with Crippen molar-refractivity contribution >= 4 is 11.9 Å². The summed E-state index contributed by atoms with van der Waals surface area (Å²) in [4.78, 5) is 26.3. The highest BCUT2D eigenvalue weighted by molar-refractivity contribution is 5.77. The number of rotatable bonds is 53. The van der Waals surface area contributed by atoms with Gasteiger partial charge < -0.3 is 20.3 Å². The van der Waals surface area contributed by atoms with Crippen molar-refractivity contribution in [1.29, 1.82) is 0 Å². The number of esters is 1. The maximum absolute atomic E-state index is 13.3. The van der Waals surface area contributed by atoms with Gasteiger partial charge in [0.15, 0.2) is 0 Å². The van der Waals surface area contributed by atoms with Crippen molar-refractivity contribution in [3.63, 3.8) is 0 Å². The van der Waals surface area contributed by atoms with Gasteiger partial charge in [0.1, 0.15) is 6.10 Å². The molecule has 1 amide bonds. The molecule has 6 nitrogen and oxygen atoms in total. The highest BCUT2D eigenvalue weighted by Gasteiger charge is 2.24. The summed E-state index contributed by atoms with van der Waals surface area (Å²) in [7, 11) is 0. The van der Waals surface area contributed by atoms with Gasteiger partial charge in [0.25, 0.3) is 0 Å². The number of carbonyl (C=O) groups excluding carboxylic acids is 2. The molecule has 0 spiro atoms. The number of aliphatic hydroxyl groups is 2. The highest BCUT2D eigenvalue weighted by Crippen LogP contribution is 2.18. The van der Waals surface area contributed by atoms with Gasteiger partial charge in [0.05, 0.1) is 25.2 Å². The van der Waals surface area contributed by atoms with Crippen LogP contribution in [0.4, 0.5) is 0 Å². The molecule has 69 heavy (non-hydrogen) atoms. The molecule has 6 heteroatoms. The van der Waals surface area contributed by atoms with Crippen LogP contribution in [0.5, 0.6) is 0 Å². The third-order valence-electron chi connectivity index (χ3n) is 13.3. The third-order valence-corrected chi connectivity index (χ3v) is 13.3. The van der Waals surface area contributed by atoms with Crippen molar-refractivity contribution in [2.45, 2.75) is 309 Å². The first-order valence-electron chi connectivity index (χ1n) is 29.7. The number of ether oxygens (including phenoxy) is 1. The van der Waals surface area contributed by atoms with Crippen molar-refractivity contribution in [3.8, 4) is 0 Å². The van der Waals surface area contributed by atoms with Crippen LogP contribution in [-0.4, -0.2) is 46.9 Å². The van der Waals surface area contributed by atoms with E-state index in [1.165, 1.54) is 161 Å². The lowest BCUT2D eigenvalue weighted by atomic mass is 10.0. The smallest absolute Gasteiger partial charge is 0.306 e. The van der Waals surface area contributed by atoms with Crippen LogP contribution in [0.25, 0.3) is 0 Å². The fraction of sp³-hybridized carbons (Fsp3) is 0.778. The quantitative estimate of drug-likeness (QED) is 0.0321. The molecule has 0 radical (unpaired) electrons. The molecule has 0 heterocycles. The van der Waals surface area contributed by atoms with Gasteiger partial charge in [-0.25, -0.2) is 0 Å². The fourth-order valence-corrected chi connectivity index (χ4v) is 8.74. The summed E-state index contributed by atoms with van der Waals surface area (Å²) in [6, 6.07) is -0.724. The number of hydrogen-bond donors (Lipinski definition) is 3. The van der Waals surface area contributed by atoms with E-state index in [9.17, 15) is 19.8 Å². The molecule has 0 aliphatic rings. The maximum atomic E-state index is 13.3. The lowest BCUT2D eigenvalue weighted by Gasteiger charge is -2.24. The van der Waals surface area contributed by atoms with Crippen LogP contribution < -0.4 is 5.32 Å². The molecule has 0 saturated carbocycles. The largest absolute Gasteiger partial charge is 0.462 e. The summed E-state index contributed by atoms with van der Waals surface area (Å²) >= 11 is 0. The van der Waals surface area contributed by atoms with Gasteiger partial charge >= 0.3 is 5.97 Å². The zero-order valence-electron chi connectivity index (χ0n) is 45.7. The maximum Gasteiger partial charge on any atom is 0.306 e. The Bertz CT molecular complexity index is 1270. The number of nitrogens with one attached hydrogen (secondary N) is 1. The average Bonchev–Trinajstić information content (AvgIpc) is 3.34. The molecule has 0 saturated heterocycles. The summed E-state index contributed by atoms with van der Waals surface area (Å²) in [5.74, 6) is -0.531. The number of allylic oxidation sites excluding steroid dienone is 12. The van der Waals surface area contributed by atoms with E-state index in [2.05, 4.69) is 99.0 Å². The van der Waals surface area contributed by atoms with E-state index in [4.69, 9.17) is 4.74 Å². The predicted octanol–water partition coefficient (Wildman–Crippen LogP) is 18.5. The Morgan fingerprint density at radius 3 is 1.17 bits per heavy atom. The number of amides is 1. The van der Waals surface area contributed by atoms with E-state index in [1.807, 2.05) is 0 Å². The zero-order valence-corrected chi connectivity index (χ0v) is 45.7. The Morgan fingerprint density at radius 1 is 0.420 bits per heavy atom. The second-order valence-electron chi connectivity index (χ2n) is 20.0. The normalized spacial score (nSPS) is 13.6. The van der Waals surface area contributed by atoms with Crippen LogP contribution in [0.2, 0.25) is 0 Å². The van der Waals surface area contributed by atoms with Crippen molar-refractivity contribution < 1.29 is 24.5 Å². The molecule has 400 valence electrons. The minimum atomic E-state index is -0.807. The summed E-state index contributed by atoms with van der Waals surface area (Å²) in [6.45, 7) is 6.44. The van der Waals surface area contributed by atoms with Gasteiger partial charge in [-0.2, -0.15) is 0 Å². The van der Waals surface area contributed by atoms with E-state index in [-0.39, 0.29) is 24.9 Å². The first-order chi connectivity index (χ1) is 34.0. The van der Waals surface area contributed by atoms with Crippen LogP contribution in [0, 0.1) is 0 Å². The molecule has 0 rings (SSSR count). The molecule has 0 aromatic rings. The molecule has 3 N–H and O–H groups in total. The molecule has 0 aromatic carbocycles. The first-order valence-corrected chi connectivity index (χ1v) is 29.7. The van der Waals surface area contributed by atoms with Crippen molar-refractivity contribution in [3.05, 3.63) is 72.9 Å². The highest BCUT2D eigenvalue weighted by atomic mass is 16.5. The molecule has 0 aliphatic heterocycles. The molecular weight excluding hydrogens is 851 g/mol.